The molecule has 1 aliphatic heterocycles. The summed E-state index contributed by atoms with van der Waals surface area (Å²) < 4.78 is 48.6. The van der Waals surface area contributed by atoms with Gasteiger partial charge < -0.3 is 4.74 Å². The van der Waals surface area contributed by atoms with Gasteiger partial charge in [0.15, 0.2) is 17.2 Å². The number of benzene rings is 1. The third-order valence-electron chi connectivity index (χ3n) is 5.48. The Morgan fingerprint density at radius 2 is 1.93 bits per heavy atom. The molecule has 3 heterocycles. The lowest BCUT2D eigenvalue weighted by molar-refractivity contribution is 0.288. The minimum Gasteiger partial charge on any atom is -0.494 e. The third kappa shape index (κ3) is 3.72. The minimum absolute atomic E-state index is 0.0491. The molecule has 4 rings (SSSR count). The first kappa shape index (κ1) is 20.5. The fraction of sp³-hybridized carbons (Fsp3) is 0.400. The van der Waals surface area contributed by atoms with Gasteiger partial charge in [0.25, 0.3) is 0 Å². The van der Waals surface area contributed by atoms with Crippen molar-refractivity contribution in [2.24, 2.45) is 5.92 Å². The highest BCUT2D eigenvalue weighted by Gasteiger charge is 2.28. The predicted octanol–water partition coefficient (Wildman–Crippen LogP) is 2.11. The highest BCUT2D eigenvalue weighted by molar-refractivity contribution is 7.89. The molecule has 0 radical (unpaired) electrons. The number of halogens is 1. The van der Waals surface area contributed by atoms with E-state index in [4.69, 9.17) is 4.74 Å². The van der Waals surface area contributed by atoms with Crippen LogP contribution in [-0.2, 0) is 16.6 Å². The average Bonchev–Trinajstić information content (AvgIpc) is 3.03. The van der Waals surface area contributed by atoms with Crippen LogP contribution in [0.4, 0.5) is 4.39 Å². The first-order chi connectivity index (χ1) is 14.3. The van der Waals surface area contributed by atoms with Gasteiger partial charge in [-0.15, -0.1) is 5.10 Å². The number of pyridine rings is 1. The Hall–Kier alpha value is -2.72. The van der Waals surface area contributed by atoms with Crippen LogP contribution in [-0.4, -0.2) is 47.1 Å². The number of sulfonamides is 1. The molecule has 2 aromatic heterocycles. The molecule has 10 heteroatoms. The fourth-order valence-electron chi connectivity index (χ4n) is 3.61. The average molecular weight is 434 g/mol. The van der Waals surface area contributed by atoms with Gasteiger partial charge in [-0.1, -0.05) is 13.0 Å². The summed E-state index contributed by atoms with van der Waals surface area (Å²) in [7, 11) is -2.31. The molecule has 0 atom stereocenters. The molecule has 1 aromatic carbocycles. The van der Waals surface area contributed by atoms with Crippen LogP contribution < -0.4 is 10.4 Å². The van der Waals surface area contributed by atoms with Crippen molar-refractivity contribution in [2.45, 2.75) is 31.2 Å². The lowest BCUT2D eigenvalue weighted by Crippen LogP contribution is -2.38. The number of methoxy groups -OCH3 is 1. The number of fused-ring (bicyclic) bond motifs is 1. The van der Waals surface area contributed by atoms with E-state index in [1.165, 1.54) is 51.0 Å². The van der Waals surface area contributed by atoms with Gasteiger partial charge in [0.1, 0.15) is 0 Å². The molecule has 30 heavy (non-hydrogen) atoms. The monoisotopic (exact) mass is 434 g/mol. The number of nitrogens with zero attached hydrogens (tertiary/aromatic N) is 4. The lowest BCUT2D eigenvalue weighted by Gasteiger charge is -2.29. The van der Waals surface area contributed by atoms with E-state index < -0.39 is 21.5 Å². The molecule has 1 fully saturated rings. The molecule has 0 aliphatic carbocycles. The van der Waals surface area contributed by atoms with Crippen LogP contribution in [0.1, 0.15) is 25.3 Å². The van der Waals surface area contributed by atoms with E-state index in [0.717, 1.165) is 12.8 Å². The summed E-state index contributed by atoms with van der Waals surface area (Å²) in [5.74, 6) is 0.0849. The fourth-order valence-corrected chi connectivity index (χ4v) is 5.08. The Morgan fingerprint density at radius 3 is 2.60 bits per heavy atom. The molecule has 0 saturated carbocycles. The lowest BCUT2D eigenvalue weighted by atomic mass is 10.0. The van der Waals surface area contributed by atoms with Crippen molar-refractivity contribution < 1.29 is 17.5 Å². The van der Waals surface area contributed by atoms with E-state index >= 15 is 0 Å². The molecule has 0 N–H and O–H groups in total. The summed E-state index contributed by atoms with van der Waals surface area (Å²) in [5, 5.41) is 4.23. The normalized spacial score (nSPS) is 16.2. The minimum atomic E-state index is -3.68. The van der Waals surface area contributed by atoms with Gasteiger partial charge in [-0.3, -0.25) is 0 Å². The molecule has 160 valence electrons. The summed E-state index contributed by atoms with van der Waals surface area (Å²) in [6.07, 6.45) is 2.94. The molecule has 8 nitrogen and oxygen atoms in total. The zero-order valence-corrected chi connectivity index (χ0v) is 17.6. The van der Waals surface area contributed by atoms with Crippen LogP contribution in [0, 0.1) is 11.7 Å². The number of ether oxygens (including phenoxy) is 1. The molecule has 1 aliphatic rings. The number of rotatable bonds is 5. The summed E-state index contributed by atoms with van der Waals surface area (Å²) in [5.41, 5.74) is 0.361. The molecular formula is C20H23FN4O4S. The van der Waals surface area contributed by atoms with E-state index in [-0.39, 0.29) is 17.2 Å². The zero-order valence-electron chi connectivity index (χ0n) is 16.8. The van der Waals surface area contributed by atoms with E-state index in [1.54, 1.807) is 6.07 Å². The SMILES string of the molecule is COc1ccc(Cn2nc3ccc(S(=O)(=O)N4CCC(C)CC4)cn3c2=O)cc1F. The van der Waals surface area contributed by atoms with Crippen LogP contribution >= 0.6 is 0 Å². The molecule has 0 amide bonds. The van der Waals surface area contributed by atoms with E-state index in [2.05, 4.69) is 12.0 Å². The van der Waals surface area contributed by atoms with Gasteiger partial charge >= 0.3 is 5.69 Å². The van der Waals surface area contributed by atoms with Gasteiger partial charge in [-0.2, -0.15) is 4.31 Å². The van der Waals surface area contributed by atoms with E-state index in [1.807, 2.05) is 0 Å². The second-order valence-corrected chi connectivity index (χ2v) is 9.53. The Balaban J connectivity index is 1.65. The van der Waals surface area contributed by atoms with Crippen molar-refractivity contribution in [3.05, 3.63) is 58.4 Å². The van der Waals surface area contributed by atoms with E-state index in [0.29, 0.717) is 30.2 Å². The van der Waals surface area contributed by atoms with Gasteiger partial charge in [0.05, 0.1) is 18.6 Å². The summed E-state index contributed by atoms with van der Waals surface area (Å²) in [6, 6.07) is 7.38. The number of hydrogen-bond donors (Lipinski definition) is 0. The number of piperidine rings is 1. The standard InChI is InChI=1S/C20H23FN4O4S/c1-14-7-9-23(10-8-14)30(27,28)16-4-6-19-22-25(20(26)24(19)13-16)12-15-3-5-18(29-2)17(21)11-15/h3-6,11,13-14H,7-10,12H2,1-2H3. The zero-order chi connectivity index (χ0) is 21.5. The largest absolute Gasteiger partial charge is 0.494 e. The Morgan fingerprint density at radius 1 is 1.20 bits per heavy atom. The molecule has 0 bridgehead atoms. The summed E-state index contributed by atoms with van der Waals surface area (Å²) >= 11 is 0. The second-order valence-electron chi connectivity index (χ2n) is 7.59. The molecule has 1 saturated heterocycles. The number of aromatic nitrogens is 3. The first-order valence-electron chi connectivity index (χ1n) is 9.71. The molecule has 3 aromatic rings. The number of hydrogen-bond acceptors (Lipinski definition) is 5. The van der Waals surface area contributed by atoms with Gasteiger partial charge in [0, 0.05) is 19.3 Å². The maximum Gasteiger partial charge on any atom is 0.350 e. The van der Waals surface area contributed by atoms with Crippen LogP contribution in [0.25, 0.3) is 5.65 Å². The van der Waals surface area contributed by atoms with Crippen LogP contribution in [0.5, 0.6) is 5.75 Å². The maximum absolute atomic E-state index is 13.9. The van der Waals surface area contributed by atoms with Gasteiger partial charge in [-0.25, -0.2) is 26.7 Å². The van der Waals surface area contributed by atoms with Crippen molar-refractivity contribution in [3.8, 4) is 5.75 Å². The van der Waals surface area contributed by atoms with Crippen molar-refractivity contribution in [3.63, 3.8) is 0 Å². The van der Waals surface area contributed by atoms with Crippen LogP contribution in [0.3, 0.4) is 0 Å². The first-order valence-corrected chi connectivity index (χ1v) is 11.2. The predicted molar refractivity (Wildman–Crippen MR) is 109 cm³/mol. The molecule has 0 unspecified atom stereocenters. The van der Waals surface area contributed by atoms with Crippen molar-refractivity contribution in [2.75, 3.05) is 20.2 Å². The third-order valence-corrected chi connectivity index (χ3v) is 7.36. The van der Waals surface area contributed by atoms with Gasteiger partial charge in [-0.05, 0) is 48.6 Å². The summed E-state index contributed by atoms with van der Waals surface area (Å²) in [4.78, 5) is 12.8. The van der Waals surface area contributed by atoms with Gasteiger partial charge in [0.2, 0.25) is 10.0 Å². The van der Waals surface area contributed by atoms with Crippen molar-refractivity contribution in [1.82, 2.24) is 18.5 Å². The van der Waals surface area contributed by atoms with Crippen LogP contribution in [0.15, 0.2) is 46.2 Å². The Bertz CT molecular complexity index is 1240. The smallest absolute Gasteiger partial charge is 0.350 e. The highest BCUT2D eigenvalue weighted by atomic mass is 32.2. The van der Waals surface area contributed by atoms with Crippen molar-refractivity contribution >= 4 is 15.7 Å². The maximum atomic E-state index is 13.9. The second kappa shape index (κ2) is 7.84. The van der Waals surface area contributed by atoms with Crippen molar-refractivity contribution in [1.29, 1.82) is 0 Å². The topological polar surface area (TPSA) is 85.9 Å². The molecular weight excluding hydrogens is 411 g/mol. The van der Waals surface area contributed by atoms with Crippen LogP contribution in [0.2, 0.25) is 0 Å². The summed E-state index contributed by atoms with van der Waals surface area (Å²) in [6.45, 7) is 3.10. The Labute approximate surface area is 173 Å². The Kier molecular flexibility index (Phi) is 5.37. The highest BCUT2D eigenvalue weighted by Crippen LogP contribution is 2.23. The van der Waals surface area contributed by atoms with E-state index in [9.17, 15) is 17.6 Å². The molecule has 0 spiro atoms. The quantitative estimate of drug-likeness (QED) is 0.614.